The van der Waals surface area contributed by atoms with Gasteiger partial charge in [-0.2, -0.15) is 0 Å². The first-order valence-corrected chi connectivity index (χ1v) is 5.73. The van der Waals surface area contributed by atoms with E-state index in [0.717, 1.165) is 0 Å². The topological polar surface area (TPSA) is 87.1 Å². The molecule has 1 unspecified atom stereocenters. The zero-order valence-electron chi connectivity index (χ0n) is 10.1. The summed E-state index contributed by atoms with van der Waals surface area (Å²) >= 11 is 0. The average molecular weight is 245 g/mol. The van der Waals surface area contributed by atoms with Gasteiger partial charge in [0.25, 0.3) is 5.91 Å². The number of carboxylic acids is 1. The van der Waals surface area contributed by atoms with Gasteiger partial charge in [-0.05, 0) is 26.2 Å². The Kier molecular flexibility index (Phi) is 4.89. The molecule has 0 aromatic rings. The zero-order valence-corrected chi connectivity index (χ0v) is 10.1. The van der Waals surface area contributed by atoms with E-state index >= 15 is 0 Å². The third kappa shape index (κ3) is 3.98. The van der Waals surface area contributed by atoms with Gasteiger partial charge in [-0.15, -0.1) is 0 Å². The number of aliphatic carboxylic acids is 1. The largest absolute Gasteiger partial charge is 0.479 e. The molecule has 0 bridgehead atoms. The summed E-state index contributed by atoms with van der Waals surface area (Å²) in [6, 6.07) is 0. The Hall–Kier alpha value is -1.14. The second kappa shape index (κ2) is 5.97. The molecule has 1 aliphatic rings. The highest BCUT2D eigenvalue weighted by molar-refractivity contribution is 5.82. The molecule has 1 rings (SSSR count). The summed E-state index contributed by atoms with van der Waals surface area (Å²) in [6.45, 7) is 2.10. The van der Waals surface area contributed by atoms with Crippen LogP contribution in [-0.2, 0) is 14.3 Å². The maximum absolute atomic E-state index is 11.9. The molecule has 0 aromatic heterocycles. The minimum atomic E-state index is -1.02. The van der Waals surface area contributed by atoms with Crippen molar-refractivity contribution in [3.05, 3.63) is 0 Å². The van der Waals surface area contributed by atoms with E-state index in [-0.39, 0.29) is 5.91 Å². The zero-order chi connectivity index (χ0) is 13.0. The Morgan fingerprint density at radius 2 is 2.00 bits per heavy atom. The van der Waals surface area contributed by atoms with E-state index in [1.807, 2.05) is 0 Å². The number of amides is 1. The summed E-state index contributed by atoms with van der Waals surface area (Å²) in [5, 5.41) is 17.9. The molecule has 1 saturated heterocycles. The maximum Gasteiger partial charge on any atom is 0.332 e. The lowest BCUT2D eigenvalue weighted by atomic mass is 10.1. The van der Waals surface area contributed by atoms with E-state index in [1.54, 1.807) is 14.0 Å². The molecule has 3 atom stereocenters. The molecular weight excluding hydrogens is 226 g/mol. The number of likely N-dealkylation sites (N-methyl/N-ethyl adjacent to an activating group) is 1. The van der Waals surface area contributed by atoms with E-state index < -0.39 is 24.3 Å². The summed E-state index contributed by atoms with van der Waals surface area (Å²) in [5.74, 6) is -1.23. The van der Waals surface area contributed by atoms with Crippen LogP contribution in [0, 0.1) is 0 Å². The van der Waals surface area contributed by atoms with Crippen LogP contribution in [0.15, 0.2) is 0 Å². The molecule has 17 heavy (non-hydrogen) atoms. The Balaban J connectivity index is 2.40. The Morgan fingerprint density at radius 1 is 1.41 bits per heavy atom. The minimum absolute atomic E-state index is 0.214. The third-order valence-electron chi connectivity index (χ3n) is 2.83. The molecule has 0 saturated carbocycles. The van der Waals surface area contributed by atoms with Crippen molar-refractivity contribution in [2.75, 3.05) is 13.6 Å². The molecule has 6 nitrogen and oxygen atoms in total. The van der Waals surface area contributed by atoms with Crippen molar-refractivity contribution in [2.45, 2.75) is 44.5 Å². The second-order valence-corrected chi connectivity index (χ2v) is 4.43. The summed E-state index contributed by atoms with van der Waals surface area (Å²) in [7, 11) is 1.63. The van der Waals surface area contributed by atoms with Gasteiger partial charge in [0.05, 0.1) is 6.10 Å². The molecule has 1 heterocycles. The van der Waals surface area contributed by atoms with Crippen molar-refractivity contribution in [3.8, 4) is 0 Å². The van der Waals surface area contributed by atoms with E-state index in [9.17, 15) is 9.59 Å². The Morgan fingerprint density at radius 3 is 2.47 bits per heavy atom. The van der Waals surface area contributed by atoms with E-state index in [2.05, 4.69) is 0 Å². The first-order valence-electron chi connectivity index (χ1n) is 5.73. The second-order valence-electron chi connectivity index (χ2n) is 4.43. The smallest absolute Gasteiger partial charge is 0.332 e. The van der Waals surface area contributed by atoms with Gasteiger partial charge < -0.3 is 19.8 Å². The maximum atomic E-state index is 11.9. The van der Waals surface area contributed by atoms with Crippen LogP contribution >= 0.6 is 0 Å². The van der Waals surface area contributed by atoms with E-state index in [1.165, 1.54) is 4.90 Å². The van der Waals surface area contributed by atoms with Crippen LogP contribution < -0.4 is 0 Å². The molecule has 0 aliphatic carbocycles. The lowest BCUT2D eigenvalue weighted by Crippen LogP contribution is -2.38. The highest BCUT2D eigenvalue weighted by Crippen LogP contribution is 2.21. The predicted octanol–water partition coefficient (Wildman–Crippen LogP) is -0.152. The number of ether oxygens (including phenoxy) is 1. The SMILES string of the molecule is CC(O)CCN(C)C(=O)[C@@H]1CC[C@H](C(=O)O)O1. The van der Waals surface area contributed by atoms with Crippen LogP contribution in [0.4, 0.5) is 0 Å². The van der Waals surface area contributed by atoms with Crippen molar-refractivity contribution in [3.63, 3.8) is 0 Å². The van der Waals surface area contributed by atoms with Gasteiger partial charge in [0.15, 0.2) is 6.10 Å². The molecule has 2 N–H and O–H groups in total. The molecule has 0 spiro atoms. The van der Waals surface area contributed by atoms with Crippen LogP contribution in [-0.4, -0.2) is 58.9 Å². The standard InChI is InChI=1S/C11H19NO5/c1-7(13)5-6-12(2)10(14)8-3-4-9(17-8)11(15)16/h7-9,13H,3-6H2,1-2H3,(H,15,16)/t7?,8-,9+/m0/s1. The fraction of sp³-hybridized carbons (Fsp3) is 0.818. The number of aliphatic hydroxyl groups is 1. The molecule has 1 amide bonds. The van der Waals surface area contributed by atoms with Gasteiger partial charge >= 0.3 is 5.97 Å². The highest BCUT2D eigenvalue weighted by atomic mass is 16.5. The predicted molar refractivity (Wildman–Crippen MR) is 59.5 cm³/mol. The van der Waals surface area contributed by atoms with Crippen molar-refractivity contribution >= 4 is 11.9 Å². The lowest BCUT2D eigenvalue weighted by Gasteiger charge is -2.21. The molecule has 98 valence electrons. The number of nitrogens with zero attached hydrogens (tertiary/aromatic N) is 1. The van der Waals surface area contributed by atoms with Crippen LogP contribution in [0.3, 0.4) is 0 Å². The van der Waals surface area contributed by atoms with Gasteiger partial charge in [-0.25, -0.2) is 4.79 Å². The highest BCUT2D eigenvalue weighted by Gasteiger charge is 2.35. The van der Waals surface area contributed by atoms with Crippen molar-refractivity contribution in [2.24, 2.45) is 0 Å². The van der Waals surface area contributed by atoms with Crippen LogP contribution in [0.2, 0.25) is 0 Å². The summed E-state index contributed by atoms with van der Waals surface area (Å²) in [6.07, 6.45) is -0.673. The molecule has 1 aliphatic heterocycles. The van der Waals surface area contributed by atoms with E-state index in [4.69, 9.17) is 14.9 Å². The molecule has 6 heteroatoms. The summed E-state index contributed by atoms with van der Waals surface area (Å²) in [4.78, 5) is 24.0. The molecular formula is C11H19NO5. The van der Waals surface area contributed by atoms with Crippen molar-refractivity contribution in [1.29, 1.82) is 0 Å². The first-order chi connectivity index (χ1) is 7.91. The molecule has 1 fully saturated rings. The first kappa shape index (κ1) is 13.9. The summed E-state index contributed by atoms with van der Waals surface area (Å²) < 4.78 is 5.16. The Labute approximate surface area is 100 Å². The van der Waals surface area contributed by atoms with Gasteiger partial charge in [-0.1, -0.05) is 0 Å². The van der Waals surface area contributed by atoms with Crippen LogP contribution in [0.5, 0.6) is 0 Å². The molecule has 0 radical (unpaired) electrons. The van der Waals surface area contributed by atoms with Gasteiger partial charge in [-0.3, -0.25) is 4.79 Å². The molecule has 0 aromatic carbocycles. The number of carboxylic acid groups (broad SMARTS) is 1. The lowest BCUT2D eigenvalue weighted by molar-refractivity contribution is -0.154. The number of carbonyl (C=O) groups excluding carboxylic acids is 1. The number of aliphatic hydroxyl groups excluding tert-OH is 1. The average Bonchev–Trinajstić information content (AvgIpc) is 2.73. The monoisotopic (exact) mass is 245 g/mol. The Bertz CT molecular complexity index is 292. The number of rotatable bonds is 5. The number of hydrogen-bond donors (Lipinski definition) is 2. The van der Waals surface area contributed by atoms with Gasteiger partial charge in [0, 0.05) is 13.6 Å². The van der Waals surface area contributed by atoms with Crippen molar-refractivity contribution in [1.82, 2.24) is 4.90 Å². The van der Waals surface area contributed by atoms with Crippen molar-refractivity contribution < 1.29 is 24.5 Å². The fourth-order valence-corrected chi connectivity index (χ4v) is 1.74. The van der Waals surface area contributed by atoms with Crippen LogP contribution in [0.1, 0.15) is 26.2 Å². The minimum Gasteiger partial charge on any atom is -0.479 e. The number of hydrogen-bond acceptors (Lipinski definition) is 4. The quantitative estimate of drug-likeness (QED) is 0.703. The number of carbonyl (C=O) groups is 2. The van der Waals surface area contributed by atoms with Gasteiger partial charge in [0.2, 0.25) is 0 Å². The fourth-order valence-electron chi connectivity index (χ4n) is 1.74. The normalized spacial score (nSPS) is 25.6. The van der Waals surface area contributed by atoms with Crippen LogP contribution in [0.25, 0.3) is 0 Å². The summed E-state index contributed by atoms with van der Waals surface area (Å²) in [5.41, 5.74) is 0. The van der Waals surface area contributed by atoms with Gasteiger partial charge in [0.1, 0.15) is 6.10 Å². The third-order valence-corrected chi connectivity index (χ3v) is 2.83. The van der Waals surface area contributed by atoms with E-state index in [0.29, 0.717) is 25.8 Å².